The van der Waals surface area contributed by atoms with E-state index < -0.39 is 0 Å². The van der Waals surface area contributed by atoms with Gasteiger partial charge in [0.25, 0.3) is 5.91 Å². The third-order valence-electron chi connectivity index (χ3n) is 2.95. The summed E-state index contributed by atoms with van der Waals surface area (Å²) in [4.78, 5) is 12.3. The molecule has 0 aliphatic rings. The number of amides is 1. The van der Waals surface area contributed by atoms with Gasteiger partial charge in [0.15, 0.2) is 0 Å². The Balaban J connectivity index is 2.31. The molecule has 2 nitrogen and oxygen atoms in total. The van der Waals surface area contributed by atoms with Gasteiger partial charge in [-0.05, 0) is 43.2 Å². The first-order chi connectivity index (χ1) is 9.00. The third kappa shape index (κ3) is 2.99. The number of aryl methyl sites for hydroxylation is 1. The Labute approximate surface area is 125 Å². The van der Waals surface area contributed by atoms with E-state index in [2.05, 4.69) is 21.2 Å². The lowest BCUT2D eigenvalue weighted by Gasteiger charge is -2.11. The molecule has 0 aromatic heterocycles. The summed E-state index contributed by atoms with van der Waals surface area (Å²) in [6, 6.07) is 11.1. The van der Waals surface area contributed by atoms with Crippen LogP contribution in [0.3, 0.4) is 0 Å². The first kappa shape index (κ1) is 14.1. The summed E-state index contributed by atoms with van der Waals surface area (Å²) < 4.78 is 0.912. The number of hydrogen-bond acceptors (Lipinski definition) is 1. The molecule has 19 heavy (non-hydrogen) atoms. The fourth-order valence-corrected chi connectivity index (χ4v) is 2.33. The molecule has 0 aliphatic carbocycles. The molecule has 0 bridgehead atoms. The van der Waals surface area contributed by atoms with Crippen molar-refractivity contribution in [3.8, 4) is 0 Å². The van der Waals surface area contributed by atoms with Gasteiger partial charge in [0.05, 0.1) is 10.7 Å². The molecule has 0 atom stereocenters. The number of anilines is 1. The fraction of sp³-hybridized carbons (Fsp3) is 0.133. The molecule has 98 valence electrons. The van der Waals surface area contributed by atoms with Gasteiger partial charge in [0.2, 0.25) is 0 Å². The Morgan fingerprint density at radius 3 is 2.58 bits per heavy atom. The first-order valence-corrected chi connectivity index (χ1v) is 6.99. The standard InChI is InChI=1S/C15H13BrClNO/c1-9-5-3-8-13(14(9)17)18-15(19)11-6-4-7-12(16)10(11)2/h3-8H,1-2H3,(H,18,19). The van der Waals surface area contributed by atoms with E-state index in [9.17, 15) is 4.79 Å². The maximum absolute atomic E-state index is 12.3. The van der Waals surface area contributed by atoms with Gasteiger partial charge in [-0.1, -0.05) is 45.7 Å². The Hall–Kier alpha value is -1.32. The number of hydrogen-bond donors (Lipinski definition) is 1. The molecule has 2 aromatic rings. The Morgan fingerprint density at radius 1 is 1.16 bits per heavy atom. The normalized spacial score (nSPS) is 10.3. The monoisotopic (exact) mass is 337 g/mol. The van der Waals surface area contributed by atoms with Gasteiger partial charge in [-0.25, -0.2) is 0 Å². The molecular formula is C15H13BrClNO. The van der Waals surface area contributed by atoms with Gasteiger partial charge in [-0.2, -0.15) is 0 Å². The van der Waals surface area contributed by atoms with Crippen molar-refractivity contribution in [1.82, 2.24) is 0 Å². The van der Waals surface area contributed by atoms with Crippen molar-refractivity contribution in [2.75, 3.05) is 5.32 Å². The van der Waals surface area contributed by atoms with Crippen LogP contribution in [-0.2, 0) is 0 Å². The van der Waals surface area contributed by atoms with E-state index in [4.69, 9.17) is 11.6 Å². The van der Waals surface area contributed by atoms with E-state index in [0.29, 0.717) is 16.3 Å². The zero-order valence-electron chi connectivity index (χ0n) is 10.6. The number of rotatable bonds is 2. The van der Waals surface area contributed by atoms with E-state index >= 15 is 0 Å². The summed E-state index contributed by atoms with van der Waals surface area (Å²) >= 11 is 9.59. The summed E-state index contributed by atoms with van der Waals surface area (Å²) in [5.74, 6) is -0.161. The molecule has 4 heteroatoms. The fourth-order valence-electron chi connectivity index (χ4n) is 1.79. The van der Waals surface area contributed by atoms with Crippen molar-refractivity contribution in [1.29, 1.82) is 0 Å². The van der Waals surface area contributed by atoms with Crippen molar-refractivity contribution in [2.45, 2.75) is 13.8 Å². The highest BCUT2D eigenvalue weighted by Gasteiger charge is 2.12. The Kier molecular flexibility index (Phi) is 4.27. The van der Waals surface area contributed by atoms with Crippen molar-refractivity contribution in [3.05, 3.63) is 62.6 Å². The van der Waals surface area contributed by atoms with Crippen LogP contribution in [0.5, 0.6) is 0 Å². The topological polar surface area (TPSA) is 29.1 Å². The molecule has 0 aliphatic heterocycles. The van der Waals surface area contributed by atoms with E-state index in [1.807, 2.05) is 38.1 Å². The zero-order chi connectivity index (χ0) is 14.0. The number of carbonyl (C=O) groups is 1. The second kappa shape index (κ2) is 5.76. The summed E-state index contributed by atoms with van der Waals surface area (Å²) in [5, 5.41) is 3.42. The van der Waals surface area contributed by atoms with Gasteiger partial charge >= 0.3 is 0 Å². The van der Waals surface area contributed by atoms with Crippen LogP contribution < -0.4 is 5.32 Å². The smallest absolute Gasteiger partial charge is 0.256 e. The average Bonchev–Trinajstić information content (AvgIpc) is 2.38. The lowest BCUT2D eigenvalue weighted by atomic mass is 10.1. The summed E-state index contributed by atoms with van der Waals surface area (Å²) in [7, 11) is 0. The third-order valence-corrected chi connectivity index (χ3v) is 4.31. The lowest BCUT2D eigenvalue weighted by molar-refractivity contribution is 0.102. The van der Waals surface area contributed by atoms with Crippen molar-refractivity contribution in [2.24, 2.45) is 0 Å². The SMILES string of the molecule is Cc1cccc(NC(=O)c2cccc(Br)c2C)c1Cl. The molecule has 0 saturated heterocycles. The van der Waals surface area contributed by atoms with Crippen LogP contribution in [0, 0.1) is 13.8 Å². The van der Waals surface area contributed by atoms with Crippen LogP contribution in [0.2, 0.25) is 5.02 Å². The highest BCUT2D eigenvalue weighted by molar-refractivity contribution is 9.10. The van der Waals surface area contributed by atoms with E-state index in [-0.39, 0.29) is 5.91 Å². The number of halogens is 2. The molecule has 0 unspecified atom stereocenters. The van der Waals surface area contributed by atoms with Crippen molar-refractivity contribution < 1.29 is 4.79 Å². The summed E-state index contributed by atoms with van der Waals surface area (Å²) in [6.45, 7) is 3.80. The molecule has 2 aromatic carbocycles. The minimum absolute atomic E-state index is 0.161. The molecule has 1 amide bonds. The predicted molar refractivity (Wildman–Crippen MR) is 83.0 cm³/mol. The average molecular weight is 339 g/mol. The van der Waals surface area contributed by atoms with Crippen LogP contribution in [-0.4, -0.2) is 5.91 Å². The van der Waals surface area contributed by atoms with Gasteiger partial charge in [0.1, 0.15) is 0 Å². The van der Waals surface area contributed by atoms with Crippen LogP contribution in [0.25, 0.3) is 0 Å². The second-order valence-electron chi connectivity index (χ2n) is 4.30. The van der Waals surface area contributed by atoms with Crippen LogP contribution in [0.4, 0.5) is 5.69 Å². The lowest BCUT2D eigenvalue weighted by Crippen LogP contribution is -2.14. The van der Waals surface area contributed by atoms with E-state index in [1.165, 1.54) is 0 Å². The Morgan fingerprint density at radius 2 is 1.84 bits per heavy atom. The summed E-state index contributed by atoms with van der Waals surface area (Å²) in [5.41, 5.74) is 3.10. The molecule has 0 fully saturated rings. The van der Waals surface area contributed by atoms with Gasteiger partial charge in [0, 0.05) is 10.0 Å². The summed E-state index contributed by atoms with van der Waals surface area (Å²) in [6.07, 6.45) is 0. The van der Waals surface area contributed by atoms with Crippen molar-refractivity contribution in [3.63, 3.8) is 0 Å². The number of benzene rings is 2. The molecule has 0 saturated carbocycles. The van der Waals surface area contributed by atoms with Gasteiger partial charge < -0.3 is 5.32 Å². The second-order valence-corrected chi connectivity index (χ2v) is 5.54. The Bertz CT molecular complexity index is 640. The molecule has 2 rings (SSSR count). The highest BCUT2D eigenvalue weighted by atomic mass is 79.9. The minimum atomic E-state index is -0.161. The maximum Gasteiger partial charge on any atom is 0.256 e. The van der Waals surface area contributed by atoms with Crippen molar-refractivity contribution >= 4 is 39.1 Å². The van der Waals surface area contributed by atoms with E-state index in [0.717, 1.165) is 15.6 Å². The number of nitrogens with one attached hydrogen (secondary N) is 1. The molecule has 1 N–H and O–H groups in total. The minimum Gasteiger partial charge on any atom is -0.321 e. The van der Waals surface area contributed by atoms with Crippen LogP contribution >= 0.6 is 27.5 Å². The van der Waals surface area contributed by atoms with Crippen LogP contribution in [0.15, 0.2) is 40.9 Å². The largest absolute Gasteiger partial charge is 0.321 e. The quantitative estimate of drug-likeness (QED) is 0.823. The van der Waals surface area contributed by atoms with E-state index in [1.54, 1.807) is 12.1 Å². The number of carbonyl (C=O) groups excluding carboxylic acids is 1. The highest BCUT2D eigenvalue weighted by Crippen LogP contribution is 2.26. The van der Waals surface area contributed by atoms with Gasteiger partial charge in [-0.15, -0.1) is 0 Å². The molecule has 0 heterocycles. The maximum atomic E-state index is 12.3. The zero-order valence-corrected chi connectivity index (χ0v) is 13.0. The van der Waals surface area contributed by atoms with Gasteiger partial charge in [-0.3, -0.25) is 4.79 Å². The predicted octanol–water partition coefficient (Wildman–Crippen LogP) is 4.97. The molecule has 0 spiro atoms. The van der Waals surface area contributed by atoms with Crippen LogP contribution in [0.1, 0.15) is 21.5 Å². The molecule has 0 radical (unpaired) electrons. The first-order valence-electron chi connectivity index (χ1n) is 5.82. The molecular weight excluding hydrogens is 326 g/mol.